The van der Waals surface area contributed by atoms with Gasteiger partial charge >= 0.3 is 5.97 Å². The molecule has 10 heteroatoms. The molecule has 0 radical (unpaired) electrons. The zero-order valence-electron chi connectivity index (χ0n) is 21.0. The number of carbonyl (C=O) groups excluding carboxylic acids is 2. The van der Waals surface area contributed by atoms with Gasteiger partial charge in [-0.15, -0.1) is 0 Å². The van der Waals surface area contributed by atoms with Crippen molar-refractivity contribution in [2.45, 2.75) is 64.2 Å². The first-order valence-electron chi connectivity index (χ1n) is 12.4. The van der Waals surface area contributed by atoms with Crippen LogP contribution in [0.1, 0.15) is 44.2 Å². The van der Waals surface area contributed by atoms with Gasteiger partial charge in [0.05, 0.1) is 0 Å². The normalized spacial score (nSPS) is 16.9. The third kappa shape index (κ3) is 7.72. The number of benzene rings is 2. The van der Waals surface area contributed by atoms with Crippen molar-refractivity contribution in [2.24, 2.45) is 11.7 Å². The molecule has 2 amide bonds. The van der Waals surface area contributed by atoms with E-state index in [0.29, 0.717) is 25.1 Å². The molecule has 0 unspecified atom stereocenters. The number of rotatable bonds is 11. The van der Waals surface area contributed by atoms with Gasteiger partial charge in [-0.05, 0) is 66.6 Å². The Kier molecular flexibility index (Phi) is 9.57. The smallest absolute Gasteiger partial charge is 0.326 e. The van der Waals surface area contributed by atoms with Crippen LogP contribution in [0.2, 0.25) is 0 Å². The van der Waals surface area contributed by atoms with Crippen molar-refractivity contribution in [3.05, 3.63) is 65.2 Å². The second-order valence-electron chi connectivity index (χ2n) is 9.77. The van der Waals surface area contributed by atoms with Crippen molar-refractivity contribution in [3.8, 4) is 0 Å². The Labute approximate surface area is 215 Å². The van der Waals surface area contributed by atoms with Gasteiger partial charge in [-0.3, -0.25) is 9.59 Å². The van der Waals surface area contributed by atoms with Crippen LogP contribution in [0, 0.1) is 17.6 Å². The predicted octanol–water partition coefficient (Wildman–Crippen LogP) is 3.05. The summed E-state index contributed by atoms with van der Waals surface area (Å²) in [6.45, 7) is 4.33. The van der Waals surface area contributed by atoms with E-state index in [-0.39, 0.29) is 42.7 Å². The van der Waals surface area contributed by atoms with E-state index in [2.05, 4.69) is 10.6 Å². The quantitative estimate of drug-likeness (QED) is 0.364. The highest BCUT2D eigenvalue weighted by atomic mass is 19.1. The molecule has 1 aliphatic rings. The lowest BCUT2D eigenvalue weighted by Gasteiger charge is -2.25. The SMILES string of the molecule is CC(C)[C@H](Nc1ccc(CNC(=O)[C@@H]2CCCN2C(=O)C[C@H](N)Cc2cc(F)ccc2F)cc1)C(=O)O. The van der Waals surface area contributed by atoms with Crippen molar-refractivity contribution >= 4 is 23.5 Å². The highest BCUT2D eigenvalue weighted by Crippen LogP contribution is 2.21. The first-order valence-corrected chi connectivity index (χ1v) is 12.4. The van der Waals surface area contributed by atoms with E-state index in [0.717, 1.165) is 23.8 Å². The van der Waals surface area contributed by atoms with Crippen molar-refractivity contribution in [1.29, 1.82) is 0 Å². The molecule has 1 heterocycles. The second-order valence-corrected chi connectivity index (χ2v) is 9.77. The third-order valence-corrected chi connectivity index (χ3v) is 6.48. The predicted molar refractivity (Wildman–Crippen MR) is 136 cm³/mol. The molecule has 0 bridgehead atoms. The number of hydrogen-bond acceptors (Lipinski definition) is 5. The van der Waals surface area contributed by atoms with E-state index in [1.54, 1.807) is 24.3 Å². The molecule has 1 fully saturated rings. The van der Waals surface area contributed by atoms with Gasteiger partial charge in [-0.2, -0.15) is 0 Å². The second kappa shape index (κ2) is 12.6. The lowest BCUT2D eigenvalue weighted by molar-refractivity contribution is -0.139. The van der Waals surface area contributed by atoms with Crippen LogP contribution < -0.4 is 16.4 Å². The summed E-state index contributed by atoms with van der Waals surface area (Å²) in [6, 6.07) is 8.19. The average molecular weight is 517 g/mol. The zero-order chi connectivity index (χ0) is 27.1. The molecule has 37 heavy (non-hydrogen) atoms. The Balaban J connectivity index is 1.51. The molecule has 3 atom stereocenters. The number of halogens is 2. The highest BCUT2D eigenvalue weighted by Gasteiger charge is 2.34. The molecule has 2 aromatic carbocycles. The molecule has 5 N–H and O–H groups in total. The summed E-state index contributed by atoms with van der Waals surface area (Å²) < 4.78 is 27.3. The summed E-state index contributed by atoms with van der Waals surface area (Å²) >= 11 is 0. The molecule has 1 saturated heterocycles. The molecule has 8 nitrogen and oxygen atoms in total. The molecule has 0 saturated carbocycles. The fourth-order valence-electron chi connectivity index (χ4n) is 4.45. The minimum atomic E-state index is -0.927. The maximum atomic E-state index is 13.9. The molecule has 3 rings (SSSR count). The summed E-state index contributed by atoms with van der Waals surface area (Å²) in [5.41, 5.74) is 7.65. The number of amides is 2. The lowest BCUT2D eigenvalue weighted by atomic mass is 10.0. The first-order chi connectivity index (χ1) is 17.5. The summed E-state index contributed by atoms with van der Waals surface area (Å²) in [7, 11) is 0. The van der Waals surface area contributed by atoms with E-state index in [4.69, 9.17) is 5.73 Å². The topological polar surface area (TPSA) is 125 Å². The fraction of sp³-hybridized carbons (Fsp3) is 0.444. The Morgan fingerprint density at radius 3 is 2.49 bits per heavy atom. The number of carboxylic acid groups (broad SMARTS) is 1. The van der Waals surface area contributed by atoms with E-state index >= 15 is 0 Å². The molecule has 200 valence electrons. The number of likely N-dealkylation sites (tertiary alicyclic amines) is 1. The van der Waals surface area contributed by atoms with Crippen LogP contribution in [0.4, 0.5) is 14.5 Å². The molecule has 0 spiro atoms. The largest absolute Gasteiger partial charge is 0.480 e. The van der Waals surface area contributed by atoms with Crippen molar-refractivity contribution in [3.63, 3.8) is 0 Å². The molecular weight excluding hydrogens is 482 g/mol. The van der Waals surface area contributed by atoms with E-state index in [1.165, 1.54) is 4.90 Å². The van der Waals surface area contributed by atoms with Gasteiger partial charge in [0.2, 0.25) is 11.8 Å². The molecule has 0 aromatic heterocycles. The number of nitrogens with zero attached hydrogens (tertiary/aromatic N) is 1. The van der Waals surface area contributed by atoms with Gasteiger partial charge in [0.1, 0.15) is 23.7 Å². The van der Waals surface area contributed by atoms with Crippen LogP contribution in [0.25, 0.3) is 0 Å². The molecular formula is C27H34F2N4O4. The van der Waals surface area contributed by atoms with Gasteiger partial charge in [0, 0.05) is 31.2 Å². The highest BCUT2D eigenvalue weighted by molar-refractivity contribution is 5.88. The number of carboxylic acids is 1. The van der Waals surface area contributed by atoms with Crippen LogP contribution in [-0.2, 0) is 27.3 Å². The van der Waals surface area contributed by atoms with Gasteiger partial charge < -0.3 is 26.4 Å². The Hall–Kier alpha value is -3.53. The minimum absolute atomic E-state index is 0.00920. The van der Waals surface area contributed by atoms with E-state index in [9.17, 15) is 28.3 Å². The lowest BCUT2D eigenvalue weighted by Crippen LogP contribution is -2.47. The Morgan fingerprint density at radius 2 is 1.84 bits per heavy atom. The summed E-state index contributed by atoms with van der Waals surface area (Å²) in [5.74, 6) is -2.74. The maximum Gasteiger partial charge on any atom is 0.326 e. The van der Waals surface area contributed by atoms with E-state index < -0.39 is 35.7 Å². The van der Waals surface area contributed by atoms with Crippen LogP contribution in [0.3, 0.4) is 0 Å². The third-order valence-electron chi connectivity index (χ3n) is 6.48. The van der Waals surface area contributed by atoms with Gasteiger partial charge in [-0.25, -0.2) is 13.6 Å². The van der Waals surface area contributed by atoms with Gasteiger partial charge in [-0.1, -0.05) is 26.0 Å². The average Bonchev–Trinajstić information content (AvgIpc) is 3.34. The zero-order valence-corrected chi connectivity index (χ0v) is 21.0. The van der Waals surface area contributed by atoms with E-state index in [1.807, 2.05) is 13.8 Å². The Bertz CT molecular complexity index is 1110. The molecule has 0 aliphatic carbocycles. The van der Waals surface area contributed by atoms with Crippen LogP contribution in [0.5, 0.6) is 0 Å². The van der Waals surface area contributed by atoms with Gasteiger partial charge in [0.15, 0.2) is 0 Å². The monoisotopic (exact) mass is 516 g/mol. The summed E-state index contributed by atoms with van der Waals surface area (Å²) in [5, 5.41) is 15.2. The van der Waals surface area contributed by atoms with Crippen molar-refractivity contribution < 1.29 is 28.3 Å². The van der Waals surface area contributed by atoms with Gasteiger partial charge in [0.25, 0.3) is 0 Å². The maximum absolute atomic E-state index is 13.9. The number of nitrogens with one attached hydrogen (secondary N) is 2. The minimum Gasteiger partial charge on any atom is -0.480 e. The van der Waals surface area contributed by atoms with Crippen molar-refractivity contribution in [1.82, 2.24) is 10.2 Å². The summed E-state index contributed by atoms with van der Waals surface area (Å²) in [4.78, 5) is 38.6. The molecule has 2 aromatic rings. The number of anilines is 1. The first kappa shape index (κ1) is 28.0. The fourth-order valence-corrected chi connectivity index (χ4v) is 4.45. The number of hydrogen-bond donors (Lipinski definition) is 4. The van der Waals surface area contributed by atoms with Crippen LogP contribution in [-0.4, -0.2) is 52.5 Å². The Morgan fingerprint density at radius 1 is 1.14 bits per heavy atom. The van der Waals surface area contributed by atoms with Crippen LogP contribution >= 0.6 is 0 Å². The number of carbonyl (C=O) groups is 3. The number of aliphatic carboxylic acids is 1. The standard InChI is InChI=1S/C27H34F2N4O4/c1-16(2)25(27(36)37)32-21-8-5-17(6-9-21)15-31-26(35)23-4-3-11-33(23)24(34)14-20(30)13-18-12-19(28)7-10-22(18)29/h5-10,12,16,20,23,25,32H,3-4,11,13-15,30H2,1-2H3,(H,31,35)(H,36,37)/t20-,23+,25+/m1/s1. The number of nitrogens with two attached hydrogens (primary N) is 1. The van der Waals surface area contributed by atoms with Crippen molar-refractivity contribution in [2.75, 3.05) is 11.9 Å². The molecule has 1 aliphatic heterocycles. The van der Waals surface area contributed by atoms with Crippen LogP contribution in [0.15, 0.2) is 42.5 Å². The summed E-state index contributed by atoms with van der Waals surface area (Å²) in [6.07, 6.45) is 1.13.